The summed E-state index contributed by atoms with van der Waals surface area (Å²) in [4.78, 5) is 12.7. The van der Waals surface area contributed by atoms with Crippen LogP contribution in [0.15, 0.2) is 24.3 Å². The van der Waals surface area contributed by atoms with Crippen LogP contribution in [-0.2, 0) is 6.18 Å². The van der Waals surface area contributed by atoms with Gasteiger partial charge < -0.3 is 10.2 Å². The lowest BCUT2D eigenvalue weighted by molar-refractivity contribution is -0.137. The highest BCUT2D eigenvalue weighted by Crippen LogP contribution is 2.32. The van der Waals surface area contributed by atoms with E-state index in [1.807, 2.05) is 0 Å². The molecule has 0 aliphatic carbocycles. The Morgan fingerprint density at radius 3 is 1.96 bits per heavy atom. The van der Waals surface area contributed by atoms with E-state index in [0.29, 0.717) is 5.56 Å². The average Bonchev–Trinajstić information content (AvgIpc) is 2.41. The molecule has 0 saturated carbocycles. The van der Waals surface area contributed by atoms with Crippen LogP contribution < -0.4 is 0 Å². The highest BCUT2D eigenvalue weighted by Gasteiger charge is 2.37. The molecule has 130 valence electrons. The molecule has 7 heteroatoms. The third-order valence-corrected chi connectivity index (χ3v) is 3.79. The highest BCUT2D eigenvalue weighted by atomic mass is 19.4. The summed E-state index contributed by atoms with van der Waals surface area (Å²) in [5.41, 5.74) is -0.980. The molecule has 0 spiro atoms. The number of aliphatic hydroxyl groups is 1. The van der Waals surface area contributed by atoms with Crippen molar-refractivity contribution in [2.75, 3.05) is 6.61 Å². The van der Waals surface area contributed by atoms with E-state index in [9.17, 15) is 28.2 Å². The van der Waals surface area contributed by atoms with Crippen molar-refractivity contribution in [2.24, 2.45) is 0 Å². The number of hydrogen-bond acceptors (Lipinski definition) is 2. The van der Waals surface area contributed by atoms with Gasteiger partial charge in [0, 0.05) is 11.5 Å². The van der Waals surface area contributed by atoms with E-state index >= 15 is 0 Å². The van der Waals surface area contributed by atoms with E-state index < -0.39 is 41.9 Å². The Balaban J connectivity index is 3.13. The van der Waals surface area contributed by atoms with Gasteiger partial charge in [-0.25, -0.2) is 4.79 Å². The Morgan fingerprint density at radius 2 is 1.65 bits per heavy atom. The number of rotatable bonds is 4. The number of amides is 1. The summed E-state index contributed by atoms with van der Waals surface area (Å²) in [6.07, 6.45) is -5.60. The zero-order chi connectivity index (χ0) is 18.0. The number of carbonyl (C=O) groups is 1. The van der Waals surface area contributed by atoms with E-state index in [-0.39, 0.29) is 0 Å². The fourth-order valence-corrected chi connectivity index (χ4v) is 2.59. The van der Waals surface area contributed by atoms with Gasteiger partial charge in [0.15, 0.2) is 0 Å². The Labute approximate surface area is 133 Å². The van der Waals surface area contributed by atoms with Crippen molar-refractivity contribution in [3.63, 3.8) is 0 Å². The molecule has 0 bridgehead atoms. The highest BCUT2D eigenvalue weighted by molar-refractivity contribution is 5.66. The van der Waals surface area contributed by atoms with Crippen LogP contribution in [-0.4, -0.2) is 39.4 Å². The summed E-state index contributed by atoms with van der Waals surface area (Å²) < 4.78 is 37.8. The van der Waals surface area contributed by atoms with Gasteiger partial charge in [-0.2, -0.15) is 13.2 Å². The topological polar surface area (TPSA) is 60.8 Å². The molecule has 0 radical (unpaired) electrons. The molecule has 1 aromatic carbocycles. The van der Waals surface area contributed by atoms with Crippen molar-refractivity contribution in [2.45, 2.75) is 51.4 Å². The summed E-state index contributed by atoms with van der Waals surface area (Å²) in [6.45, 7) is 6.35. The van der Waals surface area contributed by atoms with Crippen LogP contribution in [0.2, 0.25) is 0 Å². The van der Waals surface area contributed by atoms with Crippen LogP contribution in [0.5, 0.6) is 0 Å². The van der Waals surface area contributed by atoms with E-state index in [4.69, 9.17) is 0 Å². The third kappa shape index (κ3) is 4.60. The van der Waals surface area contributed by atoms with Crippen molar-refractivity contribution in [1.82, 2.24) is 4.90 Å². The molecule has 0 fully saturated rings. The average molecular weight is 333 g/mol. The summed E-state index contributed by atoms with van der Waals surface area (Å²) in [5, 5.41) is 19.1. The fourth-order valence-electron chi connectivity index (χ4n) is 2.59. The van der Waals surface area contributed by atoms with Crippen LogP contribution in [0.1, 0.15) is 44.7 Å². The smallest absolute Gasteiger partial charge is 0.416 e. The Bertz CT molecular complexity index is 535. The van der Waals surface area contributed by atoms with Gasteiger partial charge in [-0.1, -0.05) is 19.1 Å². The lowest BCUT2D eigenvalue weighted by Gasteiger charge is -2.41. The van der Waals surface area contributed by atoms with Gasteiger partial charge in [-0.05, 0) is 38.5 Å². The summed E-state index contributed by atoms with van der Waals surface area (Å²) >= 11 is 0. The molecule has 1 aromatic rings. The number of alkyl halides is 3. The molecule has 1 rings (SSSR count). The molecule has 0 heterocycles. The number of carboxylic acid groups (broad SMARTS) is 1. The van der Waals surface area contributed by atoms with Crippen LogP contribution in [0.3, 0.4) is 0 Å². The molecule has 2 atom stereocenters. The Morgan fingerprint density at radius 1 is 1.17 bits per heavy atom. The number of halogens is 3. The molecule has 4 nitrogen and oxygen atoms in total. The Hall–Kier alpha value is -1.76. The van der Waals surface area contributed by atoms with Crippen molar-refractivity contribution in [3.8, 4) is 0 Å². The largest absolute Gasteiger partial charge is 0.465 e. The lowest BCUT2D eigenvalue weighted by atomic mass is 9.89. The monoisotopic (exact) mass is 333 g/mol. The molecule has 23 heavy (non-hydrogen) atoms. The molecule has 0 unspecified atom stereocenters. The number of benzene rings is 1. The third-order valence-electron chi connectivity index (χ3n) is 3.79. The van der Waals surface area contributed by atoms with Gasteiger partial charge in [0.05, 0.1) is 18.2 Å². The van der Waals surface area contributed by atoms with Crippen LogP contribution in [0, 0.1) is 0 Å². The van der Waals surface area contributed by atoms with Gasteiger partial charge >= 0.3 is 12.3 Å². The van der Waals surface area contributed by atoms with Gasteiger partial charge in [0.2, 0.25) is 0 Å². The second kappa shape index (κ2) is 6.78. The molecular formula is C16H22F3NO3. The molecule has 0 aliphatic rings. The Kier molecular flexibility index (Phi) is 5.69. The van der Waals surface area contributed by atoms with E-state index in [1.165, 1.54) is 12.1 Å². The normalized spacial score (nSPS) is 15.1. The van der Waals surface area contributed by atoms with E-state index in [1.54, 1.807) is 27.7 Å². The second-order valence-corrected chi connectivity index (χ2v) is 6.48. The number of hydrogen-bond donors (Lipinski definition) is 2. The number of aliphatic hydroxyl groups excluding tert-OH is 1. The minimum atomic E-state index is -4.42. The molecular weight excluding hydrogens is 311 g/mol. The molecule has 2 N–H and O–H groups in total. The molecule has 0 saturated heterocycles. The standard InChI is InChI=1S/C16H22F3NO3/c1-10(11-5-7-12(8-6-11)16(17,18)19)13(9-21)20(14(22)23)15(2,3)4/h5-8,10,13,21H,9H2,1-4H3,(H,22,23)/t10-,13+/m0/s1. The van der Waals surface area contributed by atoms with E-state index in [0.717, 1.165) is 17.0 Å². The van der Waals surface area contributed by atoms with Crippen molar-refractivity contribution in [1.29, 1.82) is 0 Å². The zero-order valence-corrected chi connectivity index (χ0v) is 13.6. The first-order chi connectivity index (χ1) is 10.4. The van der Waals surface area contributed by atoms with Crippen LogP contribution in [0.25, 0.3) is 0 Å². The first-order valence-electron chi connectivity index (χ1n) is 7.20. The molecule has 0 aliphatic heterocycles. The quantitative estimate of drug-likeness (QED) is 0.877. The van der Waals surface area contributed by atoms with Gasteiger partial charge in [0.1, 0.15) is 0 Å². The predicted molar refractivity (Wildman–Crippen MR) is 80.3 cm³/mol. The zero-order valence-electron chi connectivity index (χ0n) is 13.6. The first kappa shape index (κ1) is 19.3. The van der Waals surface area contributed by atoms with Crippen LogP contribution >= 0.6 is 0 Å². The second-order valence-electron chi connectivity index (χ2n) is 6.48. The summed E-state index contributed by atoms with van der Waals surface area (Å²) in [7, 11) is 0. The maximum atomic E-state index is 12.6. The molecule has 1 amide bonds. The number of nitrogens with zero attached hydrogens (tertiary/aromatic N) is 1. The van der Waals surface area contributed by atoms with Crippen LogP contribution in [0.4, 0.5) is 18.0 Å². The fraction of sp³-hybridized carbons (Fsp3) is 0.562. The van der Waals surface area contributed by atoms with Gasteiger partial charge in [0.25, 0.3) is 0 Å². The van der Waals surface area contributed by atoms with Crippen molar-refractivity contribution in [3.05, 3.63) is 35.4 Å². The van der Waals surface area contributed by atoms with Crippen molar-refractivity contribution >= 4 is 6.09 Å². The first-order valence-corrected chi connectivity index (χ1v) is 7.20. The summed E-state index contributed by atoms with van der Waals surface area (Å²) in [5.74, 6) is -0.461. The SMILES string of the molecule is C[C@@H](c1ccc(C(F)(F)F)cc1)[C@@H](CO)N(C(=O)O)C(C)(C)C. The maximum Gasteiger partial charge on any atom is 0.416 e. The van der Waals surface area contributed by atoms with Crippen molar-refractivity contribution < 1.29 is 28.2 Å². The lowest BCUT2D eigenvalue weighted by Crippen LogP contribution is -2.54. The maximum absolute atomic E-state index is 12.6. The van der Waals surface area contributed by atoms with Gasteiger partial charge in [-0.3, -0.25) is 4.90 Å². The molecule has 0 aromatic heterocycles. The van der Waals surface area contributed by atoms with E-state index in [2.05, 4.69) is 0 Å². The van der Waals surface area contributed by atoms with Gasteiger partial charge in [-0.15, -0.1) is 0 Å². The minimum absolute atomic E-state index is 0.425. The summed E-state index contributed by atoms with van der Waals surface area (Å²) in [6, 6.07) is 3.80. The minimum Gasteiger partial charge on any atom is -0.465 e. The predicted octanol–water partition coefficient (Wildman–Crippen LogP) is 3.95.